The SMILES string of the molecule is CC(C)COC(=O)[C@H](Cc1ccc(OCc2ccccc2)cc1)NC(=O)C(=O)N[C@@H](Cc1ccc(OCc2ccccc2)cc1)C(=O)OCC(C)C. The van der Waals surface area contributed by atoms with Crippen LogP contribution in [0.4, 0.5) is 0 Å². The zero-order chi connectivity index (χ0) is 37.3. The van der Waals surface area contributed by atoms with Crippen molar-refractivity contribution in [2.24, 2.45) is 11.8 Å². The second-order valence-corrected chi connectivity index (χ2v) is 13.3. The number of amides is 2. The summed E-state index contributed by atoms with van der Waals surface area (Å²) in [6.45, 7) is 8.66. The highest BCUT2D eigenvalue weighted by atomic mass is 16.5. The van der Waals surface area contributed by atoms with Crippen molar-refractivity contribution in [3.05, 3.63) is 131 Å². The lowest BCUT2D eigenvalue weighted by Gasteiger charge is -2.21. The first-order valence-electron chi connectivity index (χ1n) is 17.5. The topological polar surface area (TPSA) is 129 Å². The molecule has 0 aliphatic heterocycles. The average Bonchev–Trinajstić information content (AvgIpc) is 3.15. The van der Waals surface area contributed by atoms with Crippen LogP contribution in [0.5, 0.6) is 11.5 Å². The molecular formula is C42H48N2O8. The Hall–Kier alpha value is -5.64. The van der Waals surface area contributed by atoms with Gasteiger partial charge in [0, 0.05) is 12.8 Å². The van der Waals surface area contributed by atoms with Crippen LogP contribution in [-0.2, 0) is 54.7 Å². The van der Waals surface area contributed by atoms with Crippen LogP contribution in [0, 0.1) is 11.8 Å². The van der Waals surface area contributed by atoms with E-state index in [0.29, 0.717) is 35.8 Å². The van der Waals surface area contributed by atoms with Gasteiger partial charge in [-0.15, -0.1) is 0 Å². The third-order valence-electron chi connectivity index (χ3n) is 7.73. The number of ether oxygens (including phenoxy) is 4. The maximum atomic E-state index is 13.3. The second kappa shape index (κ2) is 20.3. The van der Waals surface area contributed by atoms with Crippen LogP contribution in [0.1, 0.15) is 49.9 Å². The highest BCUT2D eigenvalue weighted by Crippen LogP contribution is 2.18. The van der Waals surface area contributed by atoms with E-state index in [-0.39, 0.29) is 37.9 Å². The van der Waals surface area contributed by atoms with Gasteiger partial charge in [-0.05, 0) is 58.4 Å². The number of hydrogen-bond acceptors (Lipinski definition) is 8. The zero-order valence-electron chi connectivity index (χ0n) is 30.2. The smallest absolute Gasteiger partial charge is 0.329 e. The molecule has 274 valence electrons. The van der Waals surface area contributed by atoms with Gasteiger partial charge in [-0.3, -0.25) is 9.59 Å². The molecule has 0 saturated heterocycles. The van der Waals surface area contributed by atoms with Gasteiger partial charge in [-0.25, -0.2) is 9.59 Å². The van der Waals surface area contributed by atoms with E-state index in [0.717, 1.165) is 11.1 Å². The van der Waals surface area contributed by atoms with E-state index in [2.05, 4.69) is 10.6 Å². The van der Waals surface area contributed by atoms with Crippen LogP contribution in [-0.4, -0.2) is 49.1 Å². The van der Waals surface area contributed by atoms with Crippen molar-refractivity contribution < 1.29 is 38.1 Å². The Morgan fingerprint density at radius 2 is 0.827 bits per heavy atom. The summed E-state index contributed by atoms with van der Waals surface area (Å²) in [5.74, 6) is -2.12. The van der Waals surface area contributed by atoms with E-state index in [9.17, 15) is 19.2 Å². The molecule has 2 N–H and O–H groups in total. The standard InChI is InChI=1S/C42H48N2O8/c1-29(2)25-51-41(47)37(23-31-15-19-35(20-16-31)49-27-33-11-7-5-8-12-33)43-39(45)40(46)44-38(42(48)52-26-30(3)4)24-32-17-21-36(22-18-32)50-28-34-13-9-6-10-14-34/h5-22,29-30,37-38H,23-28H2,1-4H3,(H,43,45)(H,44,46)/t37-,38-/m0/s1. The molecule has 0 unspecified atom stereocenters. The molecule has 52 heavy (non-hydrogen) atoms. The lowest BCUT2D eigenvalue weighted by molar-refractivity contribution is -0.152. The van der Waals surface area contributed by atoms with Gasteiger partial charge in [0.1, 0.15) is 36.8 Å². The molecule has 10 nitrogen and oxygen atoms in total. The monoisotopic (exact) mass is 708 g/mol. The van der Waals surface area contributed by atoms with Gasteiger partial charge in [0.2, 0.25) is 0 Å². The minimum atomic E-state index is -1.16. The predicted molar refractivity (Wildman–Crippen MR) is 197 cm³/mol. The van der Waals surface area contributed by atoms with E-state index < -0.39 is 35.8 Å². The molecule has 0 aliphatic rings. The molecule has 0 bridgehead atoms. The molecule has 0 aliphatic carbocycles. The van der Waals surface area contributed by atoms with Crippen molar-refractivity contribution in [1.82, 2.24) is 10.6 Å². The largest absolute Gasteiger partial charge is 0.489 e. The summed E-state index contributed by atoms with van der Waals surface area (Å²) in [4.78, 5) is 52.8. The molecule has 2 amide bonds. The molecule has 10 heteroatoms. The Kier molecular flexibility index (Phi) is 15.3. The summed E-state index contributed by atoms with van der Waals surface area (Å²) in [7, 11) is 0. The van der Waals surface area contributed by atoms with E-state index in [1.54, 1.807) is 48.5 Å². The minimum Gasteiger partial charge on any atom is -0.489 e. The van der Waals surface area contributed by atoms with E-state index in [1.807, 2.05) is 88.4 Å². The van der Waals surface area contributed by atoms with Crippen molar-refractivity contribution in [2.75, 3.05) is 13.2 Å². The lowest BCUT2D eigenvalue weighted by atomic mass is 10.0. The maximum Gasteiger partial charge on any atom is 0.329 e. The molecule has 0 saturated carbocycles. The van der Waals surface area contributed by atoms with E-state index in [4.69, 9.17) is 18.9 Å². The number of rotatable bonds is 18. The first kappa shape index (κ1) is 39.2. The fourth-order valence-electron chi connectivity index (χ4n) is 4.93. The third-order valence-corrected chi connectivity index (χ3v) is 7.73. The quantitative estimate of drug-likeness (QED) is 0.0952. The van der Waals surface area contributed by atoms with Crippen LogP contribution in [0.2, 0.25) is 0 Å². The summed E-state index contributed by atoms with van der Waals surface area (Å²) >= 11 is 0. The molecular weight excluding hydrogens is 660 g/mol. The number of hydrogen-bond donors (Lipinski definition) is 2. The Labute approximate surface area is 305 Å². The summed E-state index contributed by atoms with van der Waals surface area (Å²) in [5, 5.41) is 5.04. The molecule has 0 spiro atoms. The fourth-order valence-corrected chi connectivity index (χ4v) is 4.93. The van der Waals surface area contributed by atoms with Gasteiger partial charge in [0.05, 0.1) is 13.2 Å². The van der Waals surface area contributed by atoms with Gasteiger partial charge < -0.3 is 29.6 Å². The van der Waals surface area contributed by atoms with Crippen LogP contribution in [0.25, 0.3) is 0 Å². The van der Waals surface area contributed by atoms with Crippen LogP contribution < -0.4 is 20.1 Å². The molecule has 0 radical (unpaired) electrons. The molecule has 4 aromatic carbocycles. The first-order valence-corrected chi connectivity index (χ1v) is 17.5. The second-order valence-electron chi connectivity index (χ2n) is 13.3. The average molecular weight is 709 g/mol. The number of carbonyl (C=O) groups is 4. The Morgan fingerprint density at radius 3 is 1.15 bits per heavy atom. The molecule has 4 rings (SSSR count). The van der Waals surface area contributed by atoms with Crippen molar-refractivity contribution in [1.29, 1.82) is 0 Å². The van der Waals surface area contributed by atoms with Crippen molar-refractivity contribution >= 4 is 23.8 Å². The lowest BCUT2D eigenvalue weighted by Crippen LogP contribution is -2.53. The number of nitrogens with one attached hydrogen (secondary N) is 2. The predicted octanol–water partition coefficient (Wildman–Crippen LogP) is 6.00. The molecule has 0 heterocycles. The molecule has 2 atom stereocenters. The fraction of sp³-hybridized carbons (Fsp3) is 0.333. The Morgan fingerprint density at radius 1 is 0.481 bits per heavy atom. The first-order chi connectivity index (χ1) is 25.0. The summed E-state index contributed by atoms with van der Waals surface area (Å²) < 4.78 is 22.6. The van der Waals surface area contributed by atoms with E-state index in [1.165, 1.54) is 0 Å². The van der Waals surface area contributed by atoms with Crippen molar-refractivity contribution in [3.63, 3.8) is 0 Å². The number of esters is 2. The summed E-state index contributed by atoms with van der Waals surface area (Å²) in [6, 6.07) is 31.4. The van der Waals surface area contributed by atoms with Gasteiger partial charge in [-0.2, -0.15) is 0 Å². The molecule has 0 fully saturated rings. The zero-order valence-corrected chi connectivity index (χ0v) is 30.2. The molecule has 0 aromatic heterocycles. The normalized spacial score (nSPS) is 12.0. The summed E-state index contributed by atoms with van der Waals surface area (Å²) in [5.41, 5.74) is 3.48. The maximum absolute atomic E-state index is 13.3. The van der Waals surface area contributed by atoms with Gasteiger partial charge >= 0.3 is 23.8 Å². The van der Waals surface area contributed by atoms with Gasteiger partial charge in [0.25, 0.3) is 0 Å². The van der Waals surface area contributed by atoms with Crippen LogP contribution in [0.3, 0.4) is 0 Å². The van der Waals surface area contributed by atoms with Gasteiger partial charge in [-0.1, -0.05) is 113 Å². The van der Waals surface area contributed by atoms with Crippen molar-refractivity contribution in [3.8, 4) is 11.5 Å². The Balaban J connectivity index is 1.40. The molecule has 4 aromatic rings. The summed E-state index contributed by atoms with van der Waals surface area (Å²) in [6.07, 6.45) is 0.126. The number of carbonyl (C=O) groups excluding carboxylic acids is 4. The third kappa shape index (κ3) is 13.6. The van der Waals surface area contributed by atoms with Crippen LogP contribution in [0.15, 0.2) is 109 Å². The van der Waals surface area contributed by atoms with Gasteiger partial charge in [0.15, 0.2) is 0 Å². The van der Waals surface area contributed by atoms with E-state index >= 15 is 0 Å². The Bertz CT molecular complexity index is 1580. The minimum absolute atomic E-state index is 0.0618. The highest BCUT2D eigenvalue weighted by Gasteiger charge is 2.30. The van der Waals surface area contributed by atoms with Crippen LogP contribution >= 0.6 is 0 Å². The number of benzene rings is 4. The highest BCUT2D eigenvalue weighted by molar-refractivity contribution is 6.35. The van der Waals surface area contributed by atoms with Crippen molar-refractivity contribution in [2.45, 2.75) is 65.8 Å².